The van der Waals surface area contributed by atoms with Crippen molar-refractivity contribution in [1.29, 1.82) is 0 Å². The highest BCUT2D eigenvalue weighted by molar-refractivity contribution is 5.79. The van der Waals surface area contributed by atoms with Crippen LogP contribution in [0.1, 0.15) is 23.4 Å². The Morgan fingerprint density at radius 1 is 1.07 bits per heavy atom. The smallest absolute Gasteiger partial charge is 0.413 e. The normalized spacial score (nSPS) is 20.8. The zero-order valence-corrected chi connectivity index (χ0v) is 16.3. The molecule has 3 atom stereocenters. The Hall–Kier alpha value is -3.32. The molecule has 1 heterocycles. The van der Waals surface area contributed by atoms with Gasteiger partial charge in [-0.05, 0) is 17.7 Å². The highest BCUT2D eigenvalue weighted by Crippen LogP contribution is 2.44. The third-order valence-corrected chi connectivity index (χ3v) is 4.63. The molecule has 152 valence electrons. The predicted octanol–water partition coefficient (Wildman–Crippen LogP) is 3.63. The van der Waals surface area contributed by atoms with Crippen molar-refractivity contribution in [2.75, 3.05) is 20.8 Å². The van der Waals surface area contributed by atoms with Crippen LogP contribution < -0.4 is 4.74 Å². The molecule has 0 N–H and O–H groups in total. The van der Waals surface area contributed by atoms with Crippen molar-refractivity contribution in [3.05, 3.63) is 78.4 Å². The maximum Gasteiger partial charge on any atom is 0.413 e. The van der Waals surface area contributed by atoms with Crippen molar-refractivity contribution >= 4 is 12.1 Å². The fraction of sp³-hybridized carbons (Fsp3) is 0.273. The number of amides is 1. The molecule has 0 radical (unpaired) electrons. The maximum absolute atomic E-state index is 13.0. The van der Waals surface area contributed by atoms with E-state index in [1.165, 1.54) is 18.1 Å². The largest absolute Gasteiger partial charge is 0.497 e. The molecular formula is C22H23NO6. The maximum atomic E-state index is 13.0. The number of methoxy groups -OCH3 is 2. The Balaban J connectivity index is 2.06. The topological polar surface area (TPSA) is 74.3 Å². The summed E-state index contributed by atoms with van der Waals surface area (Å²) in [5.41, 5.74) is 1.41. The molecule has 0 aliphatic carbocycles. The van der Waals surface area contributed by atoms with E-state index < -0.39 is 30.4 Å². The van der Waals surface area contributed by atoms with E-state index in [0.29, 0.717) is 11.3 Å². The lowest BCUT2D eigenvalue weighted by molar-refractivity contribution is -0.154. The van der Waals surface area contributed by atoms with Crippen LogP contribution in [0.4, 0.5) is 4.79 Å². The van der Waals surface area contributed by atoms with Crippen LogP contribution >= 0.6 is 0 Å². The Morgan fingerprint density at radius 2 is 1.76 bits per heavy atom. The van der Waals surface area contributed by atoms with Crippen LogP contribution in [-0.2, 0) is 19.0 Å². The molecule has 2 aromatic rings. The lowest BCUT2D eigenvalue weighted by Gasteiger charge is -2.28. The molecule has 1 aliphatic rings. The van der Waals surface area contributed by atoms with Gasteiger partial charge in [0.2, 0.25) is 0 Å². The van der Waals surface area contributed by atoms with Crippen LogP contribution in [0.5, 0.6) is 5.75 Å². The quantitative estimate of drug-likeness (QED) is 0.547. The molecule has 1 fully saturated rings. The second kappa shape index (κ2) is 9.25. The van der Waals surface area contributed by atoms with E-state index in [2.05, 4.69) is 6.58 Å². The van der Waals surface area contributed by atoms with Crippen LogP contribution in [0, 0.1) is 0 Å². The van der Waals surface area contributed by atoms with E-state index in [9.17, 15) is 9.59 Å². The number of esters is 1. The molecule has 0 bridgehead atoms. The molecule has 1 unspecified atom stereocenters. The number of rotatable bonds is 6. The Labute approximate surface area is 169 Å². The molecule has 7 nitrogen and oxygen atoms in total. The average Bonchev–Trinajstić information content (AvgIpc) is 3.18. The minimum atomic E-state index is -1.01. The number of hydrogen-bond acceptors (Lipinski definition) is 6. The average molecular weight is 397 g/mol. The number of carbonyl (C=O) groups excluding carboxylic acids is 2. The first-order valence-corrected chi connectivity index (χ1v) is 9.09. The summed E-state index contributed by atoms with van der Waals surface area (Å²) in [7, 11) is 2.85. The minimum absolute atomic E-state index is 0.0368. The molecule has 1 amide bonds. The monoisotopic (exact) mass is 397 g/mol. The summed E-state index contributed by atoms with van der Waals surface area (Å²) in [6, 6.07) is 15.5. The zero-order chi connectivity index (χ0) is 20.8. The van der Waals surface area contributed by atoms with E-state index >= 15 is 0 Å². The molecular weight excluding hydrogens is 374 g/mol. The fourth-order valence-electron chi connectivity index (χ4n) is 3.28. The summed E-state index contributed by atoms with van der Waals surface area (Å²) < 4.78 is 21.5. The van der Waals surface area contributed by atoms with Gasteiger partial charge in [-0.3, -0.25) is 4.90 Å². The molecule has 2 aromatic carbocycles. The molecule has 1 aliphatic heterocycles. The van der Waals surface area contributed by atoms with Gasteiger partial charge in [0.15, 0.2) is 12.3 Å². The van der Waals surface area contributed by atoms with E-state index in [4.69, 9.17) is 18.9 Å². The third-order valence-electron chi connectivity index (χ3n) is 4.63. The predicted molar refractivity (Wildman–Crippen MR) is 105 cm³/mol. The van der Waals surface area contributed by atoms with E-state index in [0.717, 1.165) is 5.56 Å². The minimum Gasteiger partial charge on any atom is -0.497 e. The number of benzene rings is 2. The number of carbonyl (C=O) groups is 2. The van der Waals surface area contributed by atoms with Crippen molar-refractivity contribution in [3.8, 4) is 5.75 Å². The fourth-order valence-corrected chi connectivity index (χ4v) is 3.28. The van der Waals surface area contributed by atoms with E-state index in [1.807, 2.05) is 30.3 Å². The zero-order valence-electron chi connectivity index (χ0n) is 16.3. The van der Waals surface area contributed by atoms with Crippen LogP contribution in [0.3, 0.4) is 0 Å². The van der Waals surface area contributed by atoms with Gasteiger partial charge in [0.25, 0.3) is 0 Å². The highest BCUT2D eigenvalue weighted by atomic mass is 16.6. The number of nitrogens with zero attached hydrogens (tertiary/aromatic N) is 1. The summed E-state index contributed by atoms with van der Waals surface area (Å²) >= 11 is 0. The van der Waals surface area contributed by atoms with Crippen molar-refractivity contribution in [2.24, 2.45) is 0 Å². The second-order valence-corrected chi connectivity index (χ2v) is 6.33. The van der Waals surface area contributed by atoms with Gasteiger partial charge in [0, 0.05) is 5.56 Å². The SMILES string of the molecule is C=CCOC(=O)N1C(c2ccc(OC)cc2)O[C@@H](C(=O)OC)[C@@H]1c1ccccc1. The summed E-state index contributed by atoms with van der Waals surface area (Å²) in [6.07, 6.45) is -0.990. The lowest BCUT2D eigenvalue weighted by Crippen LogP contribution is -2.37. The van der Waals surface area contributed by atoms with E-state index in [-0.39, 0.29) is 6.61 Å². The van der Waals surface area contributed by atoms with Crippen LogP contribution in [0.25, 0.3) is 0 Å². The Kier molecular flexibility index (Phi) is 6.51. The van der Waals surface area contributed by atoms with Gasteiger partial charge in [0.05, 0.1) is 14.2 Å². The summed E-state index contributed by atoms with van der Waals surface area (Å²) in [5.74, 6) is 0.0908. The van der Waals surface area contributed by atoms with Crippen LogP contribution in [0.2, 0.25) is 0 Å². The summed E-state index contributed by atoms with van der Waals surface area (Å²) in [5, 5.41) is 0. The van der Waals surface area contributed by atoms with Gasteiger partial charge >= 0.3 is 12.1 Å². The molecule has 0 saturated carbocycles. The van der Waals surface area contributed by atoms with E-state index in [1.54, 1.807) is 31.4 Å². The van der Waals surface area contributed by atoms with Crippen LogP contribution in [0.15, 0.2) is 67.3 Å². The Bertz CT molecular complexity index is 851. The van der Waals surface area contributed by atoms with Crippen molar-refractivity contribution in [1.82, 2.24) is 4.90 Å². The lowest BCUT2D eigenvalue weighted by atomic mass is 10.0. The van der Waals surface area contributed by atoms with Gasteiger partial charge < -0.3 is 18.9 Å². The molecule has 0 aromatic heterocycles. The summed E-state index contributed by atoms with van der Waals surface area (Å²) in [6.45, 7) is 3.61. The molecule has 1 saturated heterocycles. The second-order valence-electron chi connectivity index (χ2n) is 6.33. The molecule has 0 spiro atoms. The molecule has 29 heavy (non-hydrogen) atoms. The number of ether oxygens (including phenoxy) is 4. The first-order valence-electron chi connectivity index (χ1n) is 9.09. The molecule has 3 rings (SSSR count). The van der Waals surface area contributed by atoms with Gasteiger partial charge in [-0.25, -0.2) is 9.59 Å². The standard InChI is InChI=1S/C22H23NO6/c1-4-14-28-22(25)23-18(15-8-6-5-7-9-15)19(21(24)27-3)29-20(23)16-10-12-17(26-2)13-11-16/h4-13,18-20H,1,14H2,2-3H3/t18-,19+,20?/m0/s1. The molecule has 7 heteroatoms. The number of hydrogen-bond donors (Lipinski definition) is 0. The van der Waals surface area contributed by atoms with Crippen LogP contribution in [-0.4, -0.2) is 43.9 Å². The van der Waals surface area contributed by atoms with Crippen molar-refractivity contribution in [3.63, 3.8) is 0 Å². The first-order chi connectivity index (χ1) is 14.1. The van der Waals surface area contributed by atoms with Crippen molar-refractivity contribution in [2.45, 2.75) is 18.4 Å². The third kappa shape index (κ3) is 4.25. The van der Waals surface area contributed by atoms with Gasteiger partial charge in [0.1, 0.15) is 18.4 Å². The Morgan fingerprint density at radius 3 is 2.34 bits per heavy atom. The van der Waals surface area contributed by atoms with Gasteiger partial charge in [-0.1, -0.05) is 55.1 Å². The van der Waals surface area contributed by atoms with Crippen molar-refractivity contribution < 1.29 is 28.5 Å². The highest BCUT2D eigenvalue weighted by Gasteiger charge is 2.50. The van der Waals surface area contributed by atoms with Gasteiger partial charge in [-0.15, -0.1) is 0 Å². The summed E-state index contributed by atoms with van der Waals surface area (Å²) in [4.78, 5) is 26.9. The van der Waals surface area contributed by atoms with Gasteiger partial charge in [-0.2, -0.15) is 0 Å². The first kappa shape index (κ1) is 20.4.